The molecule has 0 heterocycles. The Labute approximate surface area is 193 Å². The molecule has 0 bridgehead atoms. The molecule has 0 radical (unpaired) electrons. The third-order valence-corrected chi connectivity index (χ3v) is 8.21. The molecule has 0 aliphatic heterocycles. The van der Waals surface area contributed by atoms with Gasteiger partial charge in [-0.2, -0.15) is 0 Å². The minimum atomic E-state index is 0.400. The Hall–Kier alpha value is -0.260. The third-order valence-electron chi connectivity index (χ3n) is 8.21. The van der Waals surface area contributed by atoms with E-state index in [1.807, 2.05) is 0 Å². The fourth-order valence-electron chi connectivity index (χ4n) is 4.49. The number of allylic oxidation sites excluding steroid dienone is 1. The molecule has 0 amide bonds. The van der Waals surface area contributed by atoms with E-state index in [2.05, 4.69) is 54.2 Å². The largest absolute Gasteiger partial charge is 0.103 e. The molecule has 0 aliphatic rings. The molecule has 0 aromatic carbocycles. The second-order valence-corrected chi connectivity index (χ2v) is 11.7. The zero-order chi connectivity index (χ0) is 22.7. The van der Waals surface area contributed by atoms with Crippen molar-refractivity contribution in [1.29, 1.82) is 0 Å². The van der Waals surface area contributed by atoms with Gasteiger partial charge < -0.3 is 0 Å². The number of rotatable bonds is 21. The van der Waals surface area contributed by atoms with Crippen LogP contribution < -0.4 is 0 Å². The van der Waals surface area contributed by atoms with Crippen molar-refractivity contribution in [1.82, 2.24) is 0 Å². The third kappa shape index (κ3) is 15.5. The highest BCUT2D eigenvalue weighted by atomic mass is 14.4. The van der Waals surface area contributed by atoms with E-state index in [9.17, 15) is 0 Å². The smallest absolute Gasteiger partial charge is 0.0280 e. The summed E-state index contributed by atoms with van der Waals surface area (Å²) in [7, 11) is 0. The Balaban J connectivity index is 3.29. The van der Waals surface area contributed by atoms with Gasteiger partial charge in [-0.25, -0.2) is 0 Å². The summed E-state index contributed by atoms with van der Waals surface area (Å²) in [5.74, 6) is 0.819. The van der Waals surface area contributed by atoms with Gasteiger partial charge in [0, 0.05) is 0 Å². The van der Waals surface area contributed by atoms with Gasteiger partial charge in [-0.1, -0.05) is 157 Å². The number of unbranched alkanes of at least 4 members (excludes halogenated alkanes) is 17. The second kappa shape index (κ2) is 18.3. The Bertz CT molecular complexity index is 370. The van der Waals surface area contributed by atoms with Gasteiger partial charge in [0.2, 0.25) is 0 Å². The summed E-state index contributed by atoms with van der Waals surface area (Å²) < 4.78 is 0. The van der Waals surface area contributed by atoms with Crippen LogP contribution in [0.4, 0.5) is 0 Å². The highest BCUT2D eigenvalue weighted by Gasteiger charge is 2.36. The lowest BCUT2D eigenvalue weighted by Crippen LogP contribution is -2.35. The van der Waals surface area contributed by atoms with Gasteiger partial charge in [-0.3, -0.25) is 0 Å². The molecule has 0 fully saturated rings. The van der Waals surface area contributed by atoms with Crippen LogP contribution in [0.15, 0.2) is 12.7 Å². The summed E-state index contributed by atoms with van der Waals surface area (Å²) in [6, 6.07) is 0. The Morgan fingerprint density at radius 1 is 0.533 bits per heavy atom. The van der Waals surface area contributed by atoms with E-state index in [-0.39, 0.29) is 0 Å². The van der Waals surface area contributed by atoms with Gasteiger partial charge in [-0.15, -0.1) is 6.58 Å². The van der Waals surface area contributed by atoms with E-state index >= 15 is 0 Å². The zero-order valence-corrected chi connectivity index (χ0v) is 22.3. The summed E-state index contributed by atoms with van der Waals surface area (Å²) in [5, 5.41) is 0. The average Bonchev–Trinajstić information content (AvgIpc) is 2.68. The molecule has 0 rings (SSSR count). The van der Waals surface area contributed by atoms with E-state index in [0.29, 0.717) is 10.8 Å². The topological polar surface area (TPSA) is 0 Å². The first-order chi connectivity index (χ1) is 14.2. The van der Waals surface area contributed by atoms with E-state index < -0.39 is 0 Å². The molecule has 1 unspecified atom stereocenters. The van der Waals surface area contributed by atoms with Crippen LogP contribution >= 0.6 is 0 Å². The lowest BCUT2D eigenvalue weighted by Gasteiger charge is -2.44. The first-order valence-electron chi connectivity index (χ1n) is 13.8. The van der Waals surface area contributed by atoms with Crippen LogP contribution in [-0.4, -0.2) is 0 Å². The maximum atomic E-state index is 3.79. The molecular formula is C30H60. The van der Waals surface area contributed by atoms with Crippen LogP contribution in [-0.2, 0) is 0 Å². The first kappa shape index (κ1) is 29.7. The SMILES string of the molecule is C=CCCCCCCCCCCCCCCCCCCCC(C)C(C)(C)C(C)(C)C. The number of hydrogen-bond donors (Lipinski definition) is 0. The van der Waals surface area contributed by atoms with Crippen LogP contribution in [0.5, 0.6) is 0 Å². The molecule has 0 nitrogen and oxygen atoms in total. The van der Waals surface area contributed by atoms with E-state index in [4.69, 9.17) is 0 Å². The van der Waals surface area contributed by atoms with Gasteiger partial charge in [-0.05, 0) is 29.6 Å². The molecule has 180 valence electrons. The van der Waals surface area contributed by atoms with Crippen LogP contribution in [0.25, 0.3) is 0 Å². The monoisotopic (exact) mass is 420 g/mol. The van der Waals surface area contributed by atoms with Gasteiger partial charge in [0.05, 0.1) is 0 Å². The lowest BCUT2D eigenvalue weighted by molar-refractivity contribution is 0.0578. The summed E-state index contributed by atoms with van der Waals surface area (Å²) in [6.07, 6.45) is 29.3. The van der Waals surface area contributed by atoms with Crippen molar-refractivity contribution in [3.8, 4) is 0 Å². The summed E-state index contributed by atoms with van der Waals surface area (Å²) in [5.41, 5.74) is 0.829. The minimum absolute atomic E-state index is 0.400. The standard InChI is InChI=1S/C30H60/c1-8-9-10-11-12-13-14-15-16-17-18-19-20-21-22-23-24-25-26-27-28(2)30(6,7)29(3,4)5/h8,28H,1,9-27H2,2-7H3. The first-order valence-corrected chi connectivity index (χ1v) is 13.8. The van der Waals surface area contributed by atoms with Crippen LogP contribution in [0.1, 0.15) is 164 Å². The van der Waals surface area contributed by atoms with Crippen LogP contribution in [0, 0.1) is 16.7 Å². The van der Waals surface area contributed by atoms with Gasteiger partial charge in [0.25, 0.3) is 0 Å². The average molecular weight is 421 g/mol. The Morgan fingerprint density at radius 3 is 1.13 bits per heavy atom. The molecule has 0 saturated carbocycles. The quantitative estimate of drug-likeness (QED) is 0.128. The second-order valence-electron chi connectivity index (χ2n) is 11.7. The van der Waals surface area contributed by atoms with Gasteiger partial charge >= 0.3 is 0 Å². The van der Waals surface area contributed by atoms with Crippen molar-refractivity contribution >= 4 is 0 Å². The molecule has 1 atom stereocenters. The highest BCUT2D eigenvalue weighted by molar-refractivity contribution is 4.86. The van der Waals surface area contributed by atoms with Gasteiger partial charge in [0.1, 0.15) is 0 Å². The summed E-state index contributed by atoms with van der Waals surface area (Å²) in [4.78, 5) is 0. The van der Waals surface area contributed by atoms with Crippen LogP contribution in [0.2, 0.25) is 0 Å². The Morgan fingerprint density at radius 2 is 0.833 bits per heavy atom. The molecule has 0 N–H and O–H groups in total. The zero-order valence-electron chi connectivity index (χ0n) is 22.3. The van der Waals surface area contributed by atoms with Crippen molar-refractivity contribution in [2.24, 2.45) is 16.7 Å². The maximum Gasteiger partial charge on any atom is -0.0280 e. The fraction of sp³-hybridized carbons (Fsp3) is 0.933. The molecule has 0 aromatic heterocycles. The van der Waals surface area contributed by atoms with E-state index in [1.54, 1.807) is 0 Å². The predicted octanol–water partition coefficient (Wildman–Crippen LogP) is 11.3. The summed E-state index contributed by atoms with van der Waals surface area (Å²) >= 11 is 0. The molecule has 0 heteroatoms. The van der Waals surface area contributed by atoms with E-state index in [0.717, 1.165) is 5.92 Å². The molecule has 0 spiro atoms. The van der Waals surface area contributed by atoms with Crippen molar-refractivity contribution in [3.63, 3.8) is 0 Å². The van der Waals surface area contributed by atoms with Crippen LogP contribution in [0.3, 0.4) is 0 Å². The van der Waals surface area contributed by atoms with Gasteiger partial charge in [0.15, 0.2) is 0 Å². The van der Waals surface area contributed by atoms with Crippen molar-refractivity contribution in [2.45, 2.75) is 164 Å². The molecular weight excluding hydrogens is 360 g/mol. The predicted molar refractivity (Wildman–Crippen MR) is 140 cm³/mol. The molecule has 30 heavy (non-hydrogen) atoms. The fourth-order valence-corrected chi connectivity index (χ4v) is 4.49. The molecule has 0 saturated heterocycles. The molecule has 0 aliphatic carbocycles. The van der Waals surface area contributed by atoms with Crippen molar-refractivity contribution in [3.05, 3.63) is 12.7 Å². The normalized spacial score (nSPS) is 13.5. The minimum Gasteiger partial charge on any atom is -0.103 e. The van der Waals surface area contributed by atoms with Crippen molar-refractivity contribution in [2.75, 3.05) is 0 Å². The summed E-state index contributed by atoms with van der Waals surface area (Å²) in [6.45, 7) is 18.4. The highest BCUT2D eigenvalue weighted by Crippen LogP contribution is 2.45. The van der Waals surface area contributed by atoms with Crippen molar-refractivity contribution < 1.29 is 0 Å². The Kier molecular flexibility index (Phi) is 18.2. The number of hydrogen-bond acceptors (Lipinski definition) is 0. The van der Waals surface area contributed by atoms with E-state index in [1.165, 1.54) is 122 Å². The lowest BCUT2D eigenvalue weighted by atomic mass is 9.61. The maximum absolute atomic E-state index is 3.79. The molecule has 0 aromatic rings.